The van der Waals surface area contributed by atoms with E-state index >= 15 is 0 Å². The molecule has 1 N–H and O–H groups in total. The second-order valence-corrected chi connectivity index (χ2v) is 5.08. The van der Waals surface area contributed by atoms with E-state index in [-0.39, 0.29) is 5.91 Å². The van der Waals surface area contributed by atoms with Gasteiger partial charge in [-0.2, -0.15) is 0 Å². The first kappa shape index (κ1) is 14.7. The molecule has 1 atom stereocenters. The van der Waals surface area contributed by atoms with Gasteiger partial charge in [0, 0.05) is 24.9 Å². The van der Waals surface area contributed by atoms with Crippen molar-refractivity contribution in [3.05, 3.63) is 22.4 Å². The van der Waals surface area contributed by atoms with Crippen LogP contribution in [-0.4, -0.2) is 43.5 Å². The summed E-state index contributed by atoms with van der Waals surface area (Å²) in [5.41, 5.74) is 0. The minimum atomic E-state index is -0.627. The van der Waals surface area contributed by atoms with Crippen LogP contribution in [0, 0.1) is 0 Å². The Balaban J connectivity index is 2.53. The molecule has 5 nitrogen and oxygen atoms in total. The molecule has 1 aromatic heterocycles. The highest BCUT2D eigenvalue weighted by Gasteiger charge is 2.21. The van der Waals surface area contributed by atoms with Crippen molar-refractivity contribution in [3.8, 4) is 0 Å². The molecular formula is C12H18N2O3S. The van der Waals surface area contributed by atoms with E-state index in [1.807, 2.05) is 29.5 Å². The number of rotatable bonds is 6. The van der Waals surface area contributed by atoms with Crippen molar-refractivity contribution in [2.24, 2.45) is 0 Å². The van der Waals surface area contributed by atoms with E-state index in [4.69, 9.17) is 0 Å². The highest BCUT2D eigenvalue weighted by Crippen LogP contribution is 2.11. The summed E-state index contributed by atoms with van der Waals surface area (Å²) in [4.78, 5) is 25.7. The Morgan fingerprint density at radius 1 is 1.56 bits per heavy atom. The largest absolute Gasteiger partial charge is 0.467 e. The smallest absolute Gasteiger partial charge is 0.329 e. The van der Waals surface area contributed by atoms with Crippen molar-refractivity contribution in [3.63, 3.8) is 0 Å². The number of carbonyl (C=O) groups is 2. The number of nitrogens with zero attached hydrogens (tertiary/aromatic N) is 1. The molecule has 100 valence electrons. The van der Waals surface area contributed by atoms with Crippen LogP contribution in [0.25, 0.3) is 0 Å². The first-order valence-corrected chi connectivity index (χ1v) is 6.46. The standard InChI is InChI=1S/C12H18N2O3S/c1-9(15)13-11(12(16)17-3)8-14(2)7-10-5-4-6-18-10/h4-6,11H,7-8H2,1-3H3,(H,13,15). The Labute approximate surface area is 111 Å². The molecule has 1 heterocycles. The van der Waals surface area contributed by atoms with Crippen molar-refractivity contribution in [1.82, 2.24) is 10.2 Å². The van der Waals surface area contributed by atoms with E-state index < -0.39 is 12.0 Å². The Morgan fingerprint density at radius 2 is 2.28 bits per heavy atom. The number of hydrogen-bond acceptors (Lipinski definition) is 5. The van der Waals surface area contributed by atoms with Crippen LogP contribution in [0.5, 0.6) is 0 Å². The molecule has 0 aromatic carbocycles. The zero-order valence-corrected chi connectivity index (χ0v) is 11.6. The Bertz CT molecular complexity index is 392. The molecule has 0 aliphatic carbocycles. The fraction of sp³-hybridized carbons (Fsp3) is 0.500. The fourth-order valence-electron chi connectivity index (χ4n) is 1.61. The summed E-state index contributed by atoms with van der Waals surface area (Å²) in [6.07, 6.45) is 0. The number of thiophene rings is 1. The lowest BCUT2D eigenvalue weighted by Gasteiger charge is -2.22. The fourth-order valence-corrected chi connectivity index (χ4v) is 2.40. The lowest BCUT2D eigenvalue weighted by molar-refractivity contribution is -0.145. The van der Waals surface area contributed by atoms with Crippen LogP contribution in [-0.2, 0) is 20.9 Å². The Morgan fingerprint density at radius 3 is 2.78 bits per heavy atom. The van der Waals surface area contributed by atoms with Crippen molar-refractivity contribution in [2.45, 2.75) is 19.5 Å². The number of amides is 1. The van der Waals surface area contributed by atoms with Crippen LogP contribution < -0.4 is 5.32 Å². The molecule has 1 unspecified atom stereocenters. The molecule has 1 rings (SSSR count). The number of nitrogens with one attached hydrogen (secondary N) is 1. The molecule has 0 saturated heterocycles. The number of ether oxygens (including phenoxy) is 1. The quantitative estimate of drug-likeness (QED) is 0.779. The van der Waals surface area contributed by atoms with Crippen LogP contribution in [0.4, 0.5) is 0 Å². The lowest BCUT2D eigenvalue weighted by atomic mass is 10.2. The normalized spacial score (nSPS) is 12.2. The topological polar surface area (TPSA) is 58.6 Å². The first-order valence-electron chi connectivity index (χ1n) is 5.58. The summed E-state index contributed by atoms with van der Waals surface area (Å²) in [6, 6.07) is 3.39. The molecule has 0 spiro atoms. The molecule has 1 amide bonds. The minimum Gasteiger partial charge on any atom is -0.467 e. The van der Waals surface area contributed by atoms with Gasteiger partial charge < -0.3 is 10.1 Å². The predicted molar refractivity (Wildman–Crippen MR) is 70.3 cm³/mol. The summed E-state index contributed by atoms with van der Waals surface area (Å²) in [5, 5.41) is 4.60. The van der Waals surface area contributed by atoms with E-state index in [9.17, 15) is 9.59 Å². The summed E-state index contributed by atoms with van der Waals surface area (Å²) < 4.78 is 4.67. The van der Waals surface area contributed by atoms with Gasteiger partial charge in [0.2, 0.25) is 5.91 Å². The van der Waals surface area contributed by atoms with Crippen LogP contribution >= 0.6 is 11.3 Å². The van der Waals surface area contributed by atoms with Crippen molar-refractivity contribution in [2.75, 3.05) is 20.7 Å². The van der Waals surface area contributed by atoms with Gasteiger partial charge in [0.05, 0.1) is 7.11 Å². The molecule has 18 heavy (non-hydrogen) atoms. The summed E-state index contributed by atoms with van der Waals surface area (Å²) in [5.74, 6) is -0.668. The number of esters is 1. The lowest BCUT2D eigenvalue weighted by Crippen LogP contribution is -2.47. The van der Waals surface area contributed by atoms with Gasteiger partial charge in [-0.1, -0.05) is 6.07 Å². The van der Waals surface area contributed by atoms with Crippen LogP contribution in [0.15, 0.2) is 17.5 Å². The molecule has 1 aromatic rings. The van der Waals surface area contributed by atoms with E-state index in [0.717, 1.165) is 6.54 Å². The van der Waals surface area contributed by atoms with E-state index in [1.54, 1.807) is 11.3 Å². The third kappa shape index (κ3) is 4.85. The average Bonchev–Trinajstić information content (AvgIpc) is 2.79. The molecule has 0 aliphatic heterocycles. The van der Waals surface area contributed by atoms with E-state index in [0.29, 0.717) is 6.54 Å². The molecule has 0 saturated carbocycles. The summed E-state index contributed by atoms with van der Waals surface area (Å²) in [7, 11) is 3.22. The first-order chi connectivity index (χ1) is 8.52. The van der Waals surface area contributed by atoms with Gasteiger partial charge in [0.1, 0.15) is 6.04 Å². The van der Waals surface area contributed by atoms with Crippen LogP contribution in [0.2, 0.25) is 0 Å². The number of hydrogen-bond donors (Lipinski definition) is 1. The van der Waals surface area contributed by atoms with Gasteiger partial charge in [-0.25, -0.2) is 4.79 Å². The van der Waals surface area contributed by atoms with Crippen molar-refractivity contribution >= 4 is 23.2 Å². The maximum Gasteiger partial charge on any atom is 0.329 e. The molecule has 0 aliphatic rings. The van der Waals surface area contributed by atoms with Crippen molar-refractivity contribution in [1.29, 1.82) is 0 Å². The van der Waals surface area contributed by atoms with E-state index in [2.05, 4.69) is 10.1 Å². The maximum absolute atomic E-state index is 11.5. The maximum atomic E-state index is 11.5. The van der Waals surface area contributed by atoms with Gasteiger partial charge in [-0.05, 0) is 18.5 Å². The number of methoxy groups -OCH3 is 1. The average molecular weight is 270 g/mol. The molecule has 0 bridgehead atoms. The Kier molecular flexibility index (Phi) is 5.80. The number of carbonyl (C=O) groups excluding carboxylic acids is 2. The molecule has 6 heteroatoms. The Hall–Kier alpha value is -1.40. The SMILES string of the molecule is COC(=O)C(CN(C)Cc1cccs1)NC(C)=O. The highest BCUT2D eigenvalue weighted by atomic mass is 32.1. The number of likely N-dealkylation sites (N-methyl/N-ethyl adjacent to an activating group) is 1. The zero-order chi connectivity index (χ0) is 13.5. The summed E-state index contributed by atoms with van der Waals surface area (Å²) >= 11 is 1.66. The van der Waals surface area contributed by atoms with Crippen LogP contribution in [0.1, 0.15) is 11.8 Å². The molecular weight excluding hydrogens is 252 g/mol. The molecule has 0 radical (unpaired) electrons. The van der Waals surface area contributed by atoms with Crippen molar-refractivity contribution < 1.29 is 14.3 Å². The third-order valence-corrected chi connectivity index (χ3v) is 3.22. The second kappa shape index (κ2) is 7.13. The second-order valence-electron chi connectivity index (χ2n) is 4.05. The summed E-state index contributed by atoms with van der Waals surface area (Å²) in [6.45, 7) is 2.55. The van der Waals surface area contributed by atoms with Gasteiger partial charge in [-0.3, -0.25) is 9.69 Å². The molecule has 0 fully saturated rings. The van der Waals surface area contributed by atoms with Gasteiger partial charge in [0.25, 0.3) is 0 Å². The van der Waals surface area contributed by atoms with E-state index in [1.165, 1.54) is 18.9 Å². The van der Waals surface area contributed by atoms with Gasteiger partial charge >= 0.3 is 5.97 Å². The predicted octanol–water partition coefficient (Wildman–Crippen LogP) is 0.858. The zero-order valence-electron chi connectivity index (χ0n) is 10.8. The van der Waals surface area contributed by atoms with Gasteiger partial charge in [0.15, 0.2) is 0 Å². The minimum absolute atomic E-state index is 0.241. The highest BCUT2D eigenvalue weighted by molar-refractivity contribution is 7.09. The van der Waals surface area contributed by atoms with Crippen LogP contribution in [0.3, 0.4) is 0 Å². The monoisotopic (exact) mass is 270 g/mol. The van der Waals surface area contributed by atoms with Gasteiger partial charge in [-0.15, -0.1) is 11.3 Å². The third-order valence-electron chi connectivity index (χ3n) is 2.36.